The van der Waals surface area contributed by atoms with E-state index in [2.05, 4.69) is 10.6 Å². The van der Waals surface area contributed by atoms with E-state index in [0.29, 0.717) is 45.0 Å². The third-order valence-electron chi connectivity index (χ3n) is 5.91. The molecule has 2 saturated heterocycles. The zero-order valence-corrected chi connectivity index (χ0v) is 18.7. The average molecular weight is 476 g/mol. The lowest BCUT2D eigenvalue weighted by Gasteiger charge is -2.31. The van der Waals surface area contributed by atoms with Crippen LogP contribution >= 0.6 is 0 Å². The molecule has 2 aromatic carbocycles. The van der Waals surface area contributed by atoms with Crippen LogP contribution in [0.5, 0.6) is 0 Å². The minimum absolute atomic E-state index is 0.0931. The van der Waals surface area contributed by atoms with Gasteiger partial charge in [-0.25, -0.2) is 4.79 Å². The van der Waals surface area contributed by atoms with Crippen molar-refractivity contribution in [3.63, 3.8) is 0 Å². The van der Waals surface area contributed by atoms with Crippen molar-refractivity contribution in [1.29, 1.82) is 0 Å². The molecule has 2 N–H and O–H groups in total. The third kappa shape index (κ3) is 5.99. The summed E-state index contributed by atoms with van der Waals surface area (Å²) in [6.07, 6.45) is -3.08. The molecule has 0 radical (unpaired) electrons. The summed E-state index contributed by atoms with van der Waals surface area (Å²) in [5.74, 6) is 0.139. The molecule has 0 unspecified atom stereocenters. The minimum atomic E-state index is -4.52. The maximum atomic E-state index is 13.3. The van der Waals surface area contributed by atoms with E-state index in [1.165, 1.54) is 6.07 Å². The van der Waals surface area contributed by atoms with Crippen LogP contribution in [0.2, 0.25) is 0 Å². The maximum Gasteiger partial charge on any atom is 0.416 e. The van der Waals surface area contributed by atoms with E-state index < -0.39 is 17.8 Å². The molecular formula is C24H27F3N4O3. The topological polar surface area (TPSA) is 73.9 Å². The first-order valence-electron chi connectivity index (χ1n) is 11.2. The summed E-state index contributed by atoms with van der Waals surface area (Å²) in [7, 11) is 0. The van der Waals surface area contributed by atoms with Gasteiger partial charge in [0.1, 0.15) is 0 Å². The fourth-order valence-electron chi connectivity index (χ4n) is 4.17. The van der Waals surface area contributed by atoms with Crippen molar-refractivity contribution in [3.8, 4) is 0 Å². The SMILES string of the molecule is O=C(NCc1cccc(CN2CCCC2=O)c1)Nc1cc(C(F)(F)F)ccc1N1CCOCC1. The van der Waals surface area contributed by atoms with Crippen LogP contribution in [-0.2, 0) is 28.8 Å². The van der Waals surface area contributed by atoms with Crippen LogP contribution in [0.4, 0.5) is 29.3 Å². The first-order valence-corrected chi connectivity index (χ1v) is 11.2. The van der Waals surface area contributed by atoms with Gasteiger partial charge in [0.15, 0.2) is 0 Å². The summed E-state index contributed by atoms with van der Waals surface area (Å²) in [6, 6.07) is 10.3. The fraction of sp³-hybridized carbons (Fsp3) is 0.417. The number of amides is 3. The lowest BCUT2D eigenvalue weighted by molar-refractivity contribution is -0.137. The number of likely N-dealkylation sites (tertiary alicyclic amines) is 1. The Bertz CT molecular complexity index is 1040. The van der Waals surface area contributed by atoms with E-state index in [1.54, 1.807) is 4.90 Å². The molecule has 0 aromatic heterocycles. The van der Waals surface area contributed by atoms with Crippen LogP contribution in [0, 0.1) is 0 Å². The Morgan fingerprint density at radius 1 is 1.03 bits per heavy atom. The number of morpholine rings is 1. The molecule has 0 aliphatic carbocycles. The van der Waals surface area contributed by atoms with Gasteiger partial charge >= 0.3 is 12.2 Å². The normalized spacial score (nSPS) is 16.6. The second-order valence-corrected chi connectivity index (χ2v) is 8.38. The quantitative estimate of drug-likeness (QED) is 0.662. The largest absolute Gasteiger partial charge is 0.416 e. The van der Waals surface area contributed by atoms with E-state index >= 15 is 0 Å². The van der Waals surface area contributed by atoms with Gasteiger partial charge in [-0.1, -0.05) is 24.3 Å². The highest BCUT2D eigenvalue weighted by molar-refractivity contribution is 5.93. The molecule has 0 saturated carbocycles. The smallest absolute Gasteiger partial charge is 0.378 e. The minimum Gasteiger partial charge on any atom is -0.378 e. The molecule has 7 nitrogen and oxygen atoms in total. The van der Waals surface area contributed by atoms with E-state index in [1.807, 2.05) is 29.2 Å². The van der Waals surface area contributed by atoms with Crippen LogP contribution in [0.1, 0.15) is 29.5 Å². The zero-order valence-electron chi connectivity index (χ0n) is 18.7. The Kier molecular flexibility index (Phi) is 7.26. The molecule has 2 aliphatic rings. The van der Waals surface area contributed by atoms with Crippen molar-refractivity contribution in [2.45, 2.75) is 32.1 Å². The highest BCUT2D eigenvalue weighted by Gasteiger charge is 2.32. The molecule has 2 heterocycles. The monoisotopic (exact) mass is 476 g/mol. The maximum absolute atomic E-state index is 13.3. The molecule has 2 fully saturated rings. The number of ether oxygens (including phenoxy) is 1. The van der Waals surface area contributed by atoms with Gasteiger partial charge < -0.3 is 25.2 Å². The first kappa shape index (κ1) is 23.9. The number of nitrogens with zero attached hydrogens (tertiary/aromatic N) is 2. The number of rotatable bonds is 6. The molecule has 2 aromatic rings. The third-order valence-corrected chi connectivity index (χ3v) is 5.91. The summed E-state index contributed by atoms with van der Waals surface area (Å²) in [5, 5.41) is 5.29. The van der Waals surface area contributed by atoms with Crippen molar-refractivity contribution >= 4 is 23.3 Å². The number of nitrogens with one attached hydrogen (secondary N) is 2. The predicted molar refractivity (Wildman–Crippen MR) is 121 cm³/mol. The zero-order chi connectivity index (χ0) is 24.1. The predicted octanol–water partition coefficient (Wildman–Crippen LogP) is 3.99. The van der Waals surface area contributed by atoms with Gasteiger partial charge in [0, 0.05) is 39.1 Å². The molecule has 0 spiro atoms. The number of urea groups is 1. The second kappa shape index (κ2) is 10.3. The lowest BCUT2D eigenvalue weighted by atomic mass is 10.1. The van der Waals surface area contributed by atoms with Crippen LogP contribution in [0.25, 0.3) is 0 Å². The molecular weight excluding hydrogens is 449 g/mol. The summed E-state index contributed by atoms with van der Waals surface area (Å²) in [5.41, 5.74) is 1.57. The van der Waals surface area contributed by atoms with Gasteiger partial charge in [-0.05, 0) is 35.7 Å². The molecule has 182 valence electrons. The number of carbonyl (C=O) groups excluding carboxylic acids is 2. The van der Waals surface area contributed by atoms with E-state index in [4.69, 9.17) is 4.74 Å². The summed E-state index contributed by atoms with van der Waals surface area (Å²) >= 11 is 0. The van der Waals surface area contributed by atoms with E-state index in [0.717, 1.165) is 36.2 Å². The van der Waals surface area contributed by atoms with Gasteiger partial charge in [0.2, 0.25) is 5.91 Å². The summed E-state index contributed by atoms with van der Waals surface area (Å²) < 4.78 is 45.1. The standard InChI is InChI=1S/C24H27F3N4O3/c25-24(26,27)19-6-7-21(30-9-11-34-12-10-30)20(14-19)29-23(33)28-15-17-3-1-4-18(13-17)16-31-8-2-5-22(31)32/h1,3-4,6-7,13-14H,2,5,8-12,15-16H2,(H2,28,29,33). The highest BCUT2D eigenvalue weighted by Crippen LogP contribution is 2.35. The summed E-state index contributed by atoms with van der Waals surface area (Å²) in [6.45, 7) is 3.43. The highest BCUT2D eigenvalue weighted by atomic mass is 19.4. The number of hydrogen-bond donors (Lipinski definition) is 2. The number of carbonyl (C=O) groups is 2. The van der Waals surface area contributed by atoms with Gasteiger partial charge in [-0.2, -0.15) is 13.2 Å². The molecule has 10 heteroatoms. The van der Waals surface area contributed by atoms with Gasteiger partial charge in [0.05, 0.1) is 30.2 Å². The molecule has 34 heavy (non-hydrogen) atoms. The average Bonchev–Trinajstić information content (AvgIpc) is 3.22. The second-order valence-electron chi connectivity index (χ2n) is 8.38. The Morgan fingerprint density at radius 3 is 2.50 bits per heavy atom. The molecule has 4 rings (SSSR count). The first-order chi connectivity index (χ1) is 16.3. The Morgan fingerprint density at radius 2 is 1.79 bits per heavy atom. The summed E-state index contributed by atoms with van der Waals surface area (Å²) in [4.78, 5) is 28.1. The van der Waals surface area contributed by atoms with Crippen molar-refractivity contribution in [2.75, 3.05) is 43.1 Å². The number of hydrogen-bond acceptors (Lipinski definition) is 4. The van der Waals surface area contributed by atoms with Crippen LogP contribution < -0.4 is 15.5 Å². The van der Waals surface area contributed by atoms with E-state index in [-0.39, 0.29) is 18.1 Å². The van der Waals surface area contributed by atoms with Crippen molar-refractivity contribution < 1.29 is 27.5 Å². The fourth-order valence-corrected chi connectivity index (χ4v) is 4.17. The van der Waals surface area contributed by atoms with Crippen molar-refractivity contribution in [1.82, 2.24) is 10.2 Å². The molecule has 0 atom stereocenters. The van der Waals surface area contributed by atoms with Gasteiger partial charge in [-0.3, -0.25) is 4.79 Å². The van der Waals surface area contributed by atoms with Crippen LogP contribution in [-0.4, -0.2) is 49.7 Å². The van der Waals surface area contributed by atoms with Gasteiger partial charge in [0.25, 0.3) is 0 Å². The molecule has 3 amide bonds. The van der Waals surface area contributed by atoms with Crippen LogP contribution in [0.3, 0.4) is 0 Å². The lowest BCUT2D eigenvalue weighted by Crippen LogP contribution is -2.37. The van der Waals surface area contributed by atoms with Crippen molar-refractivity contribution in [3.05, 3.63) is 59.2 Å². The Labute approximate surface area is 195 Å². The molecule has 0 bridgehead atoms. The van der Waals surface area contributed by atoms with Crippen LogP contribution in [0.15, 0.2) is 42.5 Å². The number of alkyl halides is 3. The number of benzene rings is 2. The Balaban J connectivity index is 1.42. The molecule has 2 aliphatic heterocycles. The van der Waals surface area contributed by atoms with E-state index in [9.17, 15) is 22.8 Å². The Hall–Kier alpha value is -3.27. The van der Waals surface area contributed by atoms with Gasteiger partial charge in [-0.15, -0.1) is 0 Å². The number of anilines is 2. The van der Waals surface area contributed by atoms with Crippen molar-refractivity contribution in [2.24, 2.45) is 0 Å². The number of halogens is 3.